The average Bonchev–Trinajstić information content (AvgIpc) is 2.78. The highest BCUT2D eigenvalue weighted by atomic mass is 35.5. The second kappa shape index (κ2) is 7.45. The van der Waals surface area contributed by atoms with Crippen LogP contribution < -0.4 is 4.90 Å². The minimum atomic E-state index is -0.437. The summed E-state index contributed by atoms with van der Waals surface area (Å²) in [5, 5.41) is 0.817. The van der Waals surface area contributed by atoms with E-state index in [1.807, 2.05) is 31.7 Å². The van der Waals surface area contributed by atoms with Crippen LogP contribution in [0.2, 0.25) is 5.02 Å². The van der Waals surface area contributed by atoms with Gasteiger partial charge in [-0.2, -0.15) is 0 Å². The SMILES string of the molecule is CC(C)(C)OC(=O)N1CCCC(N2CCCc3cc(Cl)ccc32)CC1. The van der Waals surface area contributed by atoms with E-state index < -0.39 is 5.60 Å². The van der Waals surface area contributed by atoms with E-state index in [4.69, 9.17) is 16.3 Å². The number of likely N-dealkylation sites (tertiary alicyclic amines) is 1. The molecule has 4 nitrogen and oxygen atoms in total. The molecule has 1 amide bonds. The lowest BCUT2D eigenvalue weighted by Gasteiger charge is -2.38. The highest BCUT2D eigenvalue weighted by molar-refractivity contribution is 6.30. The van der Waals surface area contributed by atoms with Crippen LogP contribution in [0.5, 0.6) is 0 Å². The Bertz CT molecular complexity index is 627. The molecule has 1 atom stereocenters. The lowest BCUT2D eigenvalue weighted by molar-refractivity contribution is 0.0256. The number of benzene rings is 1. The molecular weight excluding hydrogens is 336 g/mol. The van der Waals surface area contributed by atoms with Crippen molar-refractivity contribution in [2.75, 3.05) is 24.5 Å². The third kappa shape index (κ3) is 4.60. The molecule has 138 valence electrons. The molecule has 2 heterocycles. The summed E-state index contributed by atoms with van der Waals surface area (Å²) < 4.78 is 5.54. The van der Waals surface area contributed by atoms with Crippen LogP contribution >= 0.6 is 11.6 Å². The summed E-state index contributed by atoms with van der Waals surface area (Å²) in [6.07, 6.45) is 5.20. The second-order valence-electron chi connectivity index (χ2n) is 8.12. The van der Waals surface area contributed by atoms with Crippen LogP contribution in [0.4, 0.5) is 10.5 Å². The summed E-state index contributed by atoms with van der Waals surface area (Å²) in [6.45, 7) is 8.39. The molecule has 2 aliphatic rings. The van der Waals surface area contributed by atoms with E-state index in [2.05, 4.69) is 17.0 Å². The highest BCUT2D eigenvalue weighted by Gasteiger charge is 2.29. The second-order valence-corrected chi connectivity index (χ2v) is 8.56. The van der Waals surface area contributed by atoms with Gasteiger partial charge in [0.05, 0.1) is 0 Å². The summed E-state index contributed by atoms with van der Waals surface area (Å²) in [5.41, 5.74) is 2.24. The molecule has 0 aliphatic carbocycles. The van der Waals surface area contributed by atoms with Gasteiger partial charge in [-0.1, -0.05) is 11.6 Å². The lowest BCUT2D eigenvalue weighted by Crippen LogP contribution is -2.41. The monoisotopic (exact) mass is 364 g/mol. The Kier molecular flexibility index (Phi) is 5.47. The molecule has 2 aliphatic heterocycles. The number of halogens is 1. The van der Waals surface area contributed by atoms with Crippen LogP contribution in [0.1, 0.15) is 52.0 Å². The smallest absolute Gasteiger partial charge is 0.410 e. The van der Waals surface area contributed by atoms with Crippen molar-refractivity contribution >= 4 is 23.4 Å². The molecule has 0 spiro atoms. The summed E-state index contributed by atoms with van der Waals surface area (Å²) >= 11 is 6.17. The summed E-state index contributed by atoms with van der Waals surface area (Å²) in [5.74, 6) is 0. The van der Waals surface area contributed by atoms with Crippen LogP contribution in [0.3, 0.4) is 0 Å². The maximum Gasteiger partial charge on any atom is 0.410 e. The number of rotatable bonds is 1. The number of fused-ring (bicyclic) bond motifs is 1. The van der Waals surface area contributed by atoms with Gasteiger partial charge in [-0.15, -0.1) is 0 Å². The Labute approximate surface area is 156 Å². The average molecular weight is 365 g/mol. The van der Waals surface area contributed by atoms with Crippen molar-refractivity contribution in [1.29, 1.82) is 0 Å². The third-order valence-corrected chi connectivity index (χ3v) is 5.22. The molecule has 1 unspecified atom stereocenters. The van der Waals surface area contributed by atoms with E-state index in [-0.39, 0.29) is 6.09 Å². The van der Waals surface area contributed by atoms with Crippen LogP contribution in [0.25, 0.3) is 0 Å². The topological polar surface area (TPSA) is 32.8 Å². The molecular formula is C20H29ClN2O2. The quantitative estimate of drug-likeness (QED) is 0.711. The van der Waals surface area contributed by atoms with Crippen molar-refractivity contribution in [3.05, 3.63) is 28.8 Å². The van der Waals surface area contributed by atoms with Gasteiger partial charge in [0.2, 0.25) is 0 Å². The van der Waals surface area contributed by atoms with Gasteiger partial charge in [0, 0.05) is 36.4 Å². The Morgan fingerprint density at radius 3 is 2.72 bits per heavy atom. The van der Waals surface area contributed by atoms with Crippen molar-refractivity contribution in [2.24, 2.45) is 0 Å². The predicted molar refractivity (Wildman–Crippen MR) is 103 cm³/mol. The number of hydrogen-bond acceptors (Lipinski definition) is 3. The van der Waals surface area contributed by atoms with Gasteiger partial charge >= 0.3 is 6.09 Å². The lowest BCUT2D eigenvalue weighted by atomic mass is 9.97. The molecule has 5 heteroatoms. The van der Waals surface area contributed by atoms with E-state index in [0.29, 0.717) is 6.04 Å². The third-order valence-electron chi connectivity index (χ3n) is 4.99. The fourth-order valence-corrected chi connectivity index (χ4v) is 4.07. The fraction of sp³-hybridized carbons (Fsp3) is 0.650. The number of ether oxygens (including phenoxy) is 1. The molecule has 0 bridgehead atoms. The minimum absolute atomic E-state index is 0.182. The zero-order valence-electron chi connectivity index (χ0n) is 15.6. The van der Waals surface area contributed by atoms with Gasteiger partial charge in [-0.05, 0) is 76.6 Å². The Morgan fingerprint density at radius 2 is 1.96 bits per heavy atom. The van der Waals surface area contributed by atoms with Crippen LogP contribution in [-0.4, -0.2) is 42.3 Å². The summed E-state index contributed by atoms with van der Waals surface area (Å²) in [6, 6.07) is 6.73. The molecule has 0 saturated carbocycles. The van der Waals surface area contributed by atoms with Crippen molar-refractivity contribution in [3.8, 4) is 0 Å². The molecule has 0 aromatic heterocycles. The van der Waals surface area contributed by atoms with Crippen molar-refractivity contribution in [2.45, 2.75) is 64.5 Å². The van der Waals surface area contributed by atoms with E-state index in [0.717, 1.165) is 50.3 Å². The van der Waals surface area contributed by atoms with E-state index in [1.54, 1.807) is 0 Å². The van der Waals surface area contributed by atoms with Crippen molar-refractivity contribution in [3.63, 3.8) is 0 Å². The number of carbonyl (C=O) groups is 1. The van der Waals surface area contributed by atoms with Gasteiger partial charge in [0.25, 0.3) is 0 Å². The Balaban J connectivity index is 1.67. The molecule has 0 radical (unpaired) electrons. The Hall–Kier alpha value is -1.42. The first-order valence-corrected chi connectivity index (χ1v) is 9.74. The van der Waals surface area contributed by atoms with Crippen LogP contribution in [0.15, 0.2) is 18.2 Å². The maximum absolute atomic E-state index is 12.4. The zero-order chi connectivity index (χ0) is 18.0. The van der Waals surface area contributed by atoms with Gasteiger partial charge in [-0.25, -0.2) is 4.79 Å². The van der Waals surface area contributed by atoms with Gasteiger partial charge < -0.3 is 14.5 Å². The number of carbonyl (C=O) groups excluding carboxylic acids is 1. The molecule has 0 N–H and O–H groups in total. The molecule has 1 fully saturated rings. The van der Waals surface area contributed by atoms with E-state index in [1.165, 1.54) is 17.7 Å². The zero-order valence-corrected chi connectivity index (χ0v) is 16.3. The Morgan fingerprint density at radius 1 is 1.16 bits per heavy atom. The first-order valence-electron chi connectivity index (χ1n) is 9.36. The normalized spacial score (nSPS) is 21.5. The number of nitrogens with zero attached hydrogens (tertiary/aromatic N) is 2. The van der Waals surface area contributed by atoms with Crippen LogP contribution in [-0.2, 0) is 11.2 Å². The summed E-state index contributed by atoms with van der Waals surface area (Å²) in [4.78, 5) is 16.8. The predicted octanol–water partition coefficient (Wildman–Crippen LogP) is 4.88. The molecule has 1 aromatic rings. The number of anilines is 1. The standard InChI is InChI=1S/C20H29ClN2O2/c1-20(2,3)25-19(24)22-11-5-7-17(10-13-22)23-12-4-6-15-14-16(21)8-9-18(15)23/h8-9,14,17H,4-7,10-13H2,1-3H3. The van der Waals surface area contributed by atoms with Gasteiger partial charge in [0.15, 0.2) is 0 Å². The van der Waals surface area contributed by atoms with Crippen molar-refractivity contribution < 1.29 is 9.53 Å². The largest absolute Gasteiger partial charge is 0.444 e. The molecule has 1 saturated heterocycles. The number of hydrogen-bond donors (Lipinski definition) is 0. The first-order chi connectivity index (χ1) is 11.8. The van der Waals surface area contributed by atoms with E-state index >= 15 is 0 Å². The molecule has 1 aromatic carbocycles. The van der Waals surface area contributed by atoms with Crippen molar-refractivity contribution in [1.82, 2.24) is 4.90 Å². The van der Waals surface area contributed by atoms with Gasteiger partial charge in [-0.3, -0.25) is 0 Å². The van der Waals surface area contributed by atoms with Crippen LogP contribution in [0, 0.1) is 0 Å². The molecule has 3 rings (SSSR count). The maximum atomic E-state index is 12.4. The van der Waals surface area contributed by atoms with Gasteiger partial charge in [0.1, 0.15) is 5.60 Å². The number of aryl methyl sites for hydroxylation is 1. The van der Waals surface area contributed by atoms with E-state index in [9.17, 15) is 4.79 Å². The fourth-order valence-electron chi connectivity index (χ4n) is 3.87. The highest BCUT2D eigenvalue weighted by Crippen LogP contribution is 2.33. The number of amides is 1. The first kappa shape index (κ1) is 18.4. The summed E-state index contributed by atoms with van der Waals surface area (Å²) in [7, 11) is 0. The molecule has 25 heavy (non-hydrogen) atoms. The minimum Gasteiger partial charge on any atom is -0.444 e.